The molecule has 0 bridgehead atoms. The van der Waals surface area contributed by atoms with Crippen molar-refractivity contribution in [3.05, 3.63) is 41.0 Å². The van der Waals surface area contributed by atoms with Crippen LogP contribution in [0.4, 0.5) is 22.0 Å². The Morgan fingerprint density at radius 1 is 0.949 bits per heavy atom. The summed E-state index contributed by atoms with van der Waals surface area (Å²) in [4.78, 5) is 11.7. The van der Waals surface area contributed by atoms with Gasteiger partial charge in [0.25, 0.3) is 0 Å². The first-order valence-corrected chi connectivity index (χ1v) is 11.7. The molecule has 0 aliphatic carbocycles. The third kappa shape index (κ3) is 7.65. The van der Waals surface area contributed by atoms with E-state index in [1.807, 2.05) is 0 Å². The SMILES string of the molecule is O=C(CCOCCn1cc(CCO[C@H]2O[C@H](CCO)[C@@H](O)[C@H](O)[C@@H]2O)nn1)Oc1c(F)c(F)c(F)c(F)c1F. The van der Waals surface area contributed by atoms with Crippen LogP contribution in [-0.2, 0) is 32.0 Å². The minimum Gasteiger partial charge on any atom is -0.420 e. The highest BCUT2D eigenvalue weighted by Crippen LogP contribution is 2.29. The van der Waals surface area contributed by atoms with Gasteiger partial charge in [0.05, 0.1) is 44.6 Å². The first-order valence-electron chi connectivity index (χ1n) is 11.7. The number of carbonyl (C=O) groups is 1. The Balaban J connectivity index is 1.36. The number of benzene rings is 1. The Morgan fingerprint density at radius 2 is 1.62 bits per heavy atom. The Bertz CT molecular complexity index is 1100. The fraction of sp³-hybridized carbons (Fsp3) is 0.591. The maximum Gasteiger partial charge on any atom is 0.313 e. The quantitative estimate of drug-likeness (QED) is 0.0625. The molecule has 39 heavy (non-hydrogen) atoms. The normalized spacial score (nSPS) is 23.3. The highest BCUT2D eigenvalue weighted by atomic mass is 19.2. The van der Waals surface area contributed by atoms with Crippen molar-refractivity contribution in [1.82, 2.24) is 15.0 Å². The van der Waals surface area contributed by atoms with Gasteiger partial charge in [0.2, 0.25) is 34.8 Å². The molecule has 0 radical (unpaired) electrons. The Kier molecular flexibility index (Phi) is 11.0. The van der Waals surface area contributed by atoms with E-state index in [-0.39, 0.29) is 45.8 Å². The summed E-state index contributed by atoms with van der Waals surface area (Å²) < 4.78 is 88.2. The van der Waals surface area contributed by atoms with Crippen LogP contribution in [0.5, 0.6) is 5.75 Å². The van der Waals surface area contributed by atoms with Crippen molar-refractivity contribution in [2.24, 2.45) is 0 Å². The zero-order chi connectivity index (χ0) is 28.7. The number of aromatic nitrogens is 3. The van der Waals surface area contributed by atoms with Crippen LogP contribution in [0.3, 0.4) is 0 Å². The van der Waals surface area contributed by atoms with Gasteiger partial charge in [0.15, 0.2) is 6.29 Å². The summed E-state index contributed by atoms with van der Waals surface area (Å²) in [5, 5.41) is 46.6. The molecule has 0 spiro atoms. The summed E-state index contributed by atoms with van der Waals surface area (Å²) in [6, 6.07) is 0. The van der Waals surface area contributed by atoms with E-state index in [0.717, 1.165) is 0 Å². The van der Waals surface area contributed by atoms with Crippen LogP contribution >= 0.6 is 0 Å². The molecule has 2 aromatic rings. The number of esters is 1. The molecule has 1 aromatic carbocycles. The Labute approximate surface area is 217 Å². The molecule has 1 aromatic heterocycles. The lowest BCUT2D eigenvalue weighted by atomic mass is 9.97. The number of ether oxygens (including phenoxy) is 4. The topological polar surface area (TPSA) is 166 Å². The number of hydrogen-bond acceptors (Lipinski definition) is 11. The maximum atomic E-state index is 13.6. The van der Waals surface area contributed by atoms with Gasteiger partial charge in [-0.25, -0.2) is 17.9 Å². The van der Waals surface area contributed by atoms with E-state index in [0.29, 0.717) is 5.69 Å². The van der Waals surface area contributed by atoms with E-state index in [2.05, 4.69) is 15.0 Å². The highest BCUT2D eigenvalue weighted by molar-refractivity contribution is 5.72. The van der Waals surface area contributed by atoms with Gasteiger partial charge in [-0.3, -0.25) is 4.79 Å². The lowest BCUT2D eigenvalue weighted by Crippen LogP contribution is -2.58. The van der Waals surface area contributed by atoms with Crippen LogP contribution in [0.25, 0.3) is 0 Å². The molecule has 3 rings (SSSR count). The van der Waals surface area contributed by atoms with Gasteiger partial charge in [-0.1, -0.05) is 5.21 Å². The number of rotatable bonds is 13. The van der Waals surface area contributed by atoms with Crippen LogP contribution in [-0.4, -0.2) is 98.5 Å². The molecular weight excluding hydrogens is 545 g/mol. The van der Waals surface area contributed by atoms with E-state index in [1.54, 1.807) is 6.20 Å². The minimum absolute atomic E-state index is 0.0106. The summed E-state index contributed by atoms with van der Waals surface area (Å²) in [5.74, 6) is -14.4. The van der Waals surface area contributed by atoms with Crippen molar-refractivity contribution in [3.8, 4) is 5.75 Å². The zero-order valence-electron chi connectivity index (χ0n) is 20.2. The molecular formula is C22H26F5N3O9. The number of carbonyl (C=O) groups excluding carboxylic acids is 1. The van der Waals surface area contributed by atoms with Crippen molar-refractivity contribution < 1.29 is 66.1 Å². The lowest BCUT2D eigenvalue weighted by molar-refractivity contribution is -0.298. The van der Waals surface area contributed by atoms with E-state index in [1.165, 1.54) is 4.68 Å². The van der Waals surface area contributed by atoms with Crippen molar-refractivity contribution in [3.63, 3.8) is 0 Å². The number of hydrogen-bond donors (Lipinski definition) is 4. The standard InChI is InChI=1S/C22H26F5N3O9/c23-13-14(24)16(26)21(17(27)15(13)25)39-12(32)3-6-36-8-4-30-9-10(28-29-30)2-7-37-22-20(35)19(34)18(33)11(38-22)1-5-31/h9,11,18-20,22,31,33-35H,1-8H2/t11-,18-,19+,20+,22+/m1/s1. The number of aliphatic hydroxyl groups excluding tert-OH is 4. The van der Waals surface area contributed by atoms with Gasteiger partial charge in [-0.15, -0.1) is 5.10 Å². The third-order valence-corrected chi connectivity index (χ3v) is 5.61. The van der Waals surface area contributed by atoms with Crippen LogP contribution in [0.1, 0.15) is 18.5 Å². The van der Waals surface area contributed by atoms with E-state index >= 15 is 0 Å². The fourth-order valence-electron chi connectivity index (χ4n) is 3.52. The van der Waals surface area contributed by atoms with Gasteiger partial charge >= 0.3 is 5.97 Å². The second-order valence-electron chi connectivity index (χ2n) is 8.36. The predicted octanol–water partition coefficient (Wildman–Crippen LogP) is -0.265. The smallest absolute Gasteiger partial charge is 0.313 e. The number of aliphatic hydroxyl groups is 4. The second-order valence-corrected chi connectivity index (χ2v) is 8.36. The molecule has 4 N–H and O–H groups in total. The van der Waals surface area contributed by atoms with Gasteiger partial charge in [0, 0.05) is 19.2 Å². The molecule has 1 aliphatic heterocycles. The highest BCUT2D eigenvalue weighted by Gasteiger charge is 2.43. The summed E-state index contributed by atoms with van der Waals surface area (Å²) in [6.45, 7) is -0.379. The largest absolute Gasteiger partial charge is 0.420 e. The number of halogens is 5. The van der Waals surface area contributed by atoms with Crippen molar-refractivity contribution in [1.29, 1.82) is 0 Å². The molecule has 1 aliphatic rings. The Hall–Kier alpha value is -2.80. The molecule has 0 unspecified atom stereocenters. The zero-order valence-corrected chi connectivity index (χ0v) is 20.2. The van der Waals surface area contributed by atoms with Crippen molar-refractivity contribution >= 4 is 5.97 Å². The van der Waals surface area contributed by atoms with Gasteiger partial charge in [0.1, 0.15) is 18.3 Å². The van der Waals surface area contributed by atoms with Crippen LogP contribution in [0.2, 0.25) is 0 Å². The molecule has 1 saturated heterocycles. The minimum atomic E-state index is -2.37. The first kappa shape index (κ1) is 30.7. The molecule has 12 nitrogen and oxygen atoms in total. The van der Waals surface area contributed by atoms with Crippen LogP contribution < -0.4 is 4.74 Å². The second kappa shape index (κ2) is 14.0. The summed E-state index contributed by atoms with van der Waals surface area (Å²) in [5.41, 5.74) is 0.485. The van der Waals surface area contributed by atoms with E-state index in [9.17, 15) is 42.1 Å². The van der Waals surface area contributed by atoms with Gasteiger partial charge in [-0.05, 0) is 6.42 Å². The first-order chi connectivity index (χ1) is 18.5. The average molecular weight is 571 g/mol. The number of nitrogens with zero attached hydrogens (tertiary/aromatic N) is 3. The maximum absolute atomic E-state index is 13.6. The van der Waals surface area contributed by atoms with E-state index < -0.39 is 77.9 Å². The molecule has 218 valence electrons. The molecule has 1 fully saturated rings. The third-order valence-electron chi connectivity index (χ3n) is 5.61. The van der Waals surface area contributed by atoms with Crippen LogP contribution in [0.15, 0.2) is 6.20 Å². The van der Waals surface area contributed by atoms with E-state index in [4.69, 9.17) is 19.3 Å². The van der Waals surface area contributed by atoms with Crippen molar-refractivity contribution in [2.75, 3.05) is 26.4 Å². The summed E-state index contributed by atoms with van der Waals surface area (Å²) in [6.07, 6.45) is -5.27. The molecule has 5 atom stereocenters. The van der Waals surface area contributed by atoms with Crippen LogP contribution in [0, 0.1) is 29.1 Å². The molecule has 0 saturated carbocycles. The van der Waals surface area contributed by atoms with Gasteiger partial charge < -0.3 is 39.4 Å². The summed E-state index contributed by atoms with van der Waals surface area (Å²) >= 11 is 0. The van der Waals surface area contributed by atoms with Gasteiger partial charge in [-0.2, -0.15) is 8.78 Å². The molecule has 17 heteroatoms. The van der Waals surface area contributed by atoms with Crippen molar-refractivity contribution in [2.45, 2.75) is 56.5 Å². The molecule has 2 heterocycles. The lowest BCUT2D eigenvalue weighted by Gasteiger charge is -2.40. The average Bonchev–Trinajstić information content (AvgIpc) is 3.37. The predicted molar refractivity (Wildman–Crippen MR) is 115 cm³/mol. The molecule has 0 amide bonds. The summed E-state index contributed by atoms with van der Waals surface area (Å²) in [7, 11) is 0. The monoisotopic (exact) mass is 571 g/mol. The fourth-order valence-corrected chi connectivity index (χ4v) is 3.52. The Morgan fingerprint density at radius 3 is 2.28 bits per heavy atom.